The molecule has 0 N–H and O–H groups in total. The van der Waals surface area contributed by atoms with E-state index in [0.717, 1.165) is 42.0 Å². The number of methoxy groups -OCH3 is 1. The van der Waals surface area contributed by atoms with Crippen LogP contribution in [0.4, 0.5) is 0 Å². The average molecular weight is 282 g/mol. The second kappa shape index (κ2) is 5.98. The van der Waals surface area contributed by atoms with Crippen LogP contribution in [0.15, 0.2) is 42.5 Å². The third kappa shape index (κ3) is 2.86. The number of hydrogen-bond donors (Lipinski definition) is 0. The Morgan fingerprint density at radius 2 is 1.76 bits per heavy atom. The monoisotopic (exact) mass is 282 g/mol. The first-order valence-electron chi connectivity index (χ1n) is 7.80. The van der Waals surface area contributed by atoms with Crippen molar-refractivity contribution < 1.29 is 9.53 Å². The van der Waals surface area contributed by atoms with Gasteiger partial charge in [-0.3, -0.25) is 4.79 Å². The minimum Gasteiger partial charge on any atom is -0.378 e. The normalized spacial score (nSPS) is 17.8. The van der Waals surface area contributed by atoms with Crippen LogP contribution in [0.5, 0.6) is 0 Å². The molecule has 21 heavy (non-hydrogen) atoms. The van der Waals surface area contributed by atoms with Crippen LogP contribution in [0.3, 0.4) is 0 Å². The first-order chi connectivity index (χ1) is 10.2. The van der Waals surface area contributed by atoms with Crippen LogP contribution in [0.2, 0.25) is 0 Å². The predicted molar refractivity (Wildman–Crippen MR) is 85.7 cm³/mol. The minimum atomic E-state index is -0.244. The highest BCUT2D eigenvalue weighted by atomic mass is 16.5. The predicted octanol–water partition coefficient (Wildman–Crippen LogP) is 4.76. The number of carbonyl (C=O) groups excluding carboxylic acids is 1. The van der Waals surface area contributed by atoms with Gasteiger partial charge in [0.05, 0.1) is 5.60 Å². The Labute approximate surface area is 126 Å². The van der Waals surface area contributed by atoms with E-state index in [2.05, 4.69) is 12.1 Å². The van der Waals surface area contributed by atoms with Crippen molar-refractivity contribution in [3.8, 4) is 0 Å². The van der Waals surface area contributed by atoms with Crippen molar-refractivity contribution in [1.82, 2.24) is 0 Å². The molecular formula is C19H22O2. The second-order valence-electron chi connectivity index (χ2n) is 6.07. The van der Waals surface area contributed by atoms with Crippen molar-refractivity contribution in [1.29, 1.82) is 0 Å². The van der Waals surface area contributed by atoms with E-state index in [1.54, 1.807) is 7.11 Å². The van der Waals surface area contributed by atoms with Crippen LogP contribution in [0.25, 0.3) is 10.8 Å². The number of hydrogen-bond acceptors (Lipinski definition) is 2. The van der Waals surface area contributed by atoms with E-state index in [-0.39, 0.29) is 11.4 Å². The van der Waals surface area contributed by atoms with E-state index in [9.17, 15) is 4.79 Å². The first kappa shape index (κ1) is 14.3. The van der Waals surface area contributed by atoms with Crippen LogP contribution >= 0.6 is 0 Å². The lowest BCUT2D eigenvalue weighted by Crippen LogP contribution is -2.36. The summed E-state index contributed by atoms with van der Waals surface area (Å²) in [6.07, 6.45) is 6.08. The largest absolute Gasteiger partial charge is 0.378 e. The second-order valence-corrected chi connectivity index (χ2v) is 6.07. The molecule has 0 amide bonds. The van der Waals surface area contributed by atoms with Crippen molar-refractivity contribution >= 4 is 16.6 Å². The van der Waals surface area contributed by atoms with Crippen LogP contribution in [-0.2, 0) is 4.74 Å². The van der Waals surface area contributed by atoms with Crippen molar-refractivity contribution in [3.63, 3.8) is 0 Å². The number of rotatable bonds is 4. The molecule has 2 aromatic rings. The summed E-state index contributed by atoms with van der Waals surface area (Å²) in [6, 6.07) is 14.0. The van der Waals surface area contributed by atoms with Crippen molar-refractivity contribution in [2.24, 2.45) is 0 Å². The Morgan fingerprint density at radius 1 is 1.05 bits per heavy atom. The fourth-order valence-corrected chi connectivity index (χ4v) is 3.51. The minimum absolute atomic E-state index is 0.204. The summed E-state index contributed by atoms with van der Waals surface area (Å²) in [5.74, 6) is 0.204. The molecule has 2 aromatic carbocycles. The molecule has 0 aromatic heterocycles. The van der Waals surface area contributed by atoms with E-state index in [1.807, 2.05) is 30.3 Å². The number of ketones is 1. The first-order valence-corrected chi connectivity index (χ1v) is 7.80. The van der Waals surface area contributed by atoms with E-state index >= 15 is 0 Å². The maximum Gasteiger partial charge on any atom is 0.166 e. The lowest BCUT2D eigenvalue weighted by Gasteiger charge is -2.35. The zero-order chi connectivity index (χ0) is 14.7. The van der Waals surface area contributed by atoms with Gasteiger partial charge in [0.2, 0.25) is 0 Å². The molecule has 0 unspecified atom stereocenters. The molecule has 0 saturated heterocycles. The maximum absolute atomic E-state index is 12.8. The summed E-state index contributed by atoms with van der Waals surface area (Å²) in [6.45, 7) is 0. The Bertz CT molecular complexity index is 634. The smallest absolute Gasteiger partial charge is 0.166 e. The molecule has 110 valence electrons. The van der Waals surface area contributed by atoms with Crippen LogP contribution < -0.4 is 0 Å². The van der Waals surface area contributed by atoms with Crippen LogP contribution in [0.1, 0.15) is 48.9 Å². The number of fused-ring (bicyclic) bond motifs is 1. The van der Waals surface area contributed by atoms with E-state index < -0.39 is 0 Å². The third-order valence-electron chi connectivity index (χ3n) is 4.77. The van der Waals surface area contributed by atoms with Gasteiger partial charge >= 0.3 is 0 Å². The number of carbonyl (C=O) groups is 1. The lowest BCUT2D eigenvalue weighted by molar-refractivity contribution is -0.0394. The van der Waals surface area contributed by atoms with E-state index in [4.69, 9.17) is 4.74 Å². The molecule has 0 heterocycles. The van der Waals surface area contributed by atoms with Crippen LogP contribution in [-0.4, -0.2) is 18.5 Å². The Hall–Kier alpha value is -1.67. The zero-order valence-electron chi connectivity index (χ0n) is 12.6. The van der Waals surface area contributed by atoms with Gasteiger partial charge in [-0.15, -0.1) is 0 Å². The fraction of sp³-hybridized carbons (Fsp3) is 0.421. The number of ether oxygens (including phenoxy) is 1. The molecule has 0 radical (unpaired) electrons. The van der Waals surface area contributed by atoms with Gasteiger partial charge in [0.15, 0.2) is 5.78 Å². The molecule has 1 saturated carbocycles. The molecule has 0 atom stereocenters. The lowest BCUT2D eigenvalue weighted by atomic mass is 9.80. The van der Waals surface area contributed by atoms with Gasteiger partial charge in [-0.1, -0.05) is 61.7 Å². The van der Waals surface area contributed by atoms with E-state index in [0.29, 0.717) is 6.42 Å². The molecule has 2 heteroatoms. The Morgan fingerprint density at radius 3 is 2.52 bits per heavy atom. The number of benzene rings is 2. The summed E-state index contributed by atoms with van der Waals surface area (Å²) in [4.78, 5) is 12.8. The highest BCUT2D eigenvalue weighted by Gasteiger charge is 2.34. The zero-order valence-corrected chi connectivity index (χ0v) is 12.6. The van der Waals surface area contributed by atoms with Gasteiger partial charge in [-0.25, -0.2) is 0 Å². The standard InChI is InChI=1S/C19H22O2/c1-21-19(12-5-2-6-13-19)14-18(20)17-11-7-9-15-8-3-4-10-16(15)17/h3-4,7-11H,2,5-6,12-14H2,1H3. The summed E-state index contributed by atoms with van der Waals surface area (Å²) in [5, 5.41) is 2.17. The summed E-state index contributed by atoms with van der Waals surface area (Å²) < 4.78 is 5.76. The summed E-state index contributed by atoms with van der Waals surface area (Å²) in [5.41, 5.74) is 0.585. The van der Waals surface area contributed by atoms with Gasteiger partial charge in [0, 0.05) is 19.1 Å². The molecule has 0 aliphatic heterocycles. The summed E-state index contributed by atoms with van der Waals surface area (Å²) in [7, 11) is 1.75. The molecule has 1 fully saturated rings. The van der Waals surface area contributed by atoms with Gasteiger partial charge < -0.3 is 4.74 Å². The topological polar surface area (TPSA) is 26.3 Å². The van der Waals surface area contributed by atoms with Crippen LogP contribution in [0, 0.1) is 0 Å². The fourth-order valence-electron chi connectivity index (χ4n) is 3.51. The van der Waals surface area contributed by atoms with E-state index in [1.165, 1.54) is 6.42 Å². The summed E-state index contributed by atoms with van der Waals surface area (Å²) >= 11 is 0. The number of Topliss-reactive ketones (excluding diaryl/α,β-unsaturated/α-hetero) is 1. The molecule has 3 rings (SSSR count). The van der Waals surface area contributed by atoms with Gasteiger partial charge in [0.25, 0.3) is 0 Å². The Balaban J connectivity index is 1.90. The quantitative estimate of drug-likeness (QED) is 0.756. The highest BCUT2D eigenvalue weighted by molar-refractivity contribution is 6.08. The molecule has 0 spiro atoms. The molecule has 2 nitrogen and oxygen atoms in total. The molecule has 1 aliphatic carbocycles. The SMILES string of the molecule is COC1(CC(=O)c2cccc3ccccc23)CCCCC1. The Kier molecular flexibility index (Phi) is 4.07. The third-order valence-corrected chi connectivity index (χ3v) is 4.77. The molecular weight excluding hydrogens is 260 g/mol. The van der Waals surface area contributed by atoms with Crippen molar-refractivity contribution in [2.75, 3.05) is 7.11 Å². The van der Waals surface area contributed by atoms with Gasteiger partial charge in [-0.2, -0.15) is 0 Å². The molecule has 1 aliphatic rings. The molecule has 0 bridgehead atoms. The highest BCUT2D eigenvalue weighted by Crippen LogP contribution is 2.35. The van der Waals surface area contributed by atoms with Crippen molar-refractivity contribution in [2.45, 2.75) is 44.1 Å². The maximum atomic E-state index is 12.8. The van der Waals surface area contributed by atoms with Crippen molar-refractivity contribution in [3.05, 3.63) is 48.0 Å². The van der Waals surface area contributed by atoms with Gasteiger partial charge in [-0.05, 0) is 23.6 Å². The average Bonchev–Trinajstić information content (AvgIpc) is 2.55. The van der Waals surface area contributed by atoms with Gasteiger partial charge in [0.1, 0.15) is 0 Å².